The molecule has 2 aromatic rings. The van der Waals surface area contributed by atoms with Gasteiger partial charge in [-0.2, -0.15) is 0 Å². The van der Waals surface area contributed by atoms with E-state index >= 15 is 0 Å². The first kappa shape index (κ1) is 13.3. The Morgan fingerprint density at radius 2 is 1.94 bits per heavy atom. The molecule has 2 aromatic carbocycles. The summed E-state index contributed by atoms with van der Waals surface area (Å²) in [6.45, 7) is 4.25. The zero-order chi connectivity index (χ0) is 13.1. The first-order chi connectivity index (χ1) is 8.61. The lowest BCUT2D eigenvalue weighted by molar-refractivity contribution is 0.860. The topological polar surface area (TPSA) is 26.0 Å². The van der Waals surface area contributed by atoms with Crippen molar-refractivity contribution in [3.63, 3.8) is 0 Å². The van der Waals surface area contributed by atoms with Crippen molar-refractivity contribution in [1.29, 1.82) is 0 Å². The van der Waals surface area contributed by atoms with E-state index in [0.717, 1.165) is 16.5 Å². The lowest BCUT2D eigenvalue weighted by Gasteiger charge is -2.16. The van der Waals surface area contributed by atoms with Crippen LogP contribution in [0.5, 0.6) is 0 Å². The van der Waals surface area contributed by atoms with E-state index in [0.29, 0.717) is 0 Å². The molecule has 0 fully saturated rings. The second-order valence-corrected chi connectivity index (χ2v) is 5.46. The van der Waals surface area contributed by atoms with Crippen molar-refractivity contribution in [3.8, 4) is 0 Å². The molecule has 94 valence electrons. The van der Waals surface area contributed by atoms with E-state index in [1.165, 1.54) is 16.7 Å². The molecule has 1 nitrogen and oxygen atoms in total. The smallest absolute Gasteiger partial charge is 0.0563 e. The van der Waals surface area contributed by atoms with Crippen LogP contribution in [0, 0.1) is 6.92 Å². The van der Waals surface area contributed by atoms with Gasteiger partial charge in [-0.05, 0) is 36.1 Å². The number of hydrogen-bond acceptors (Lipinski definition) is 1. The normalized spacial score (nSPS) is 12.4. The molecule has 2 heteroatoms. The van der Waals surface area contributed by atoms with Crippen molar-refractivity contribution in [2.45, 2.75) is 26.3 Å². The van der Waals surface area contributed by atoms with Gasteiger partial charge in [0.15, 0.2) is 0 Å². The van der Waals surface area contributed by atoms with Crippen LogP contribution in [0.25, 0.3) is 0 Å². The minimum absolute atomic E-state index is 0.0780. The molecular weight excluding hydrogens is 286 g/mol. The third kappa shape index (κ3) is 2.82. The molecular formula is C16H18BrN. The molecule has 0 saturated heterocycles. The summed E-state index contributed by atoms with van der Waals surface area (Å²) in [5.41, 5.74) is 11.2. The predicted octanol–water partition coefficient (Wildman–Crippen LogP) is 4.37. The molecule has 0 spiro atoms. The van der Waals surface area contributed by atoms with Gasteiger partial charge in [0.1, 0.15) is 0 Å². The third-order valence-electron chi connectivity index (χ3n) is 3.20. The van der Waals surface area contributed by atoms with Crippen molar-refractivity contribution in [2.75, 3.05) is 0 Å². The minimum atomic E-state index is -0.0780. The maximum atomic E-state index is 6.38. The number of halogens is 1. The molecule has 1 unspecified atom stereocenters. The molecule has 0 aliphatic rings. The first-order valence-corrected chi connectivity index (χ1v) is 7.01. The van der Waals surface area contributed by atoms with Gasteiger partial charge < -0.3 is 5.73 Å². The summed E-state index contributed by atoms with van der Waals surface area (Å²) in [6.07, 6.45) is 1.04. The van der Waals surface area contributed by atoms with Crippen LogP contribution < -0.4 is 5.73 Å². The van der Waals surface area contributed by atoms with Crippen LogP contribution in [0.3, 0.4) is 0 Å². The van der Waals surface area contributed by atoms with Crippen LogP contribution in [-0.4, -0.2) is 0 Å². The summed E-state index contributed by atoms with van der Waals surface area (Å²) in [7, 11) is 0. The lowest BCUT2D eigenvalue weighted by atomic mass is 9.96. The minimum Gasteiger partial charge on any atom is -0.320 e. The van der Waals surface area contributed by atoms with Gasteiger partial charge in [0, 0.05) is 4.47 Å². The summed E-state index contributed by atoms with van der Waals surface area (Å²) in [6, 6.07) is 14.7. The Bertz CT molecular complexity index is 549. The van der Waals surface area contributed by atoms with Crippen LogP contribution in [-0.2, 0) is 6.42 Å². The summed E-state index contributed by atoms with van der Waals surface area (Å²) >= 11 is 3.58. The van der Waals surface area contributed by atoms with Crippen LogP contribution in [0.4, 0.5) is 0 Å². The molecule has 0 heterocycles. The fraction of sp³-hybridized carbons (Fsp3) is 0.250. The third-order valence-corrected chi connectivity index (χ3v) is 3.93. The predicted molar refractivity (Wildman–Crippen MR) is 80.7 cm³/mol. The second-order valence-electron chi connectivity index (χ2n) is 4.60. The van der Waals surface area contributed by atoms with E-state index in [4.69, 9.17) is 5.73 Å². The standard InChI is InChI=1S/C16H18BrN/c1-3-12-5-4-6-13(10-12)16(18)14-9-11(2)7-8-15(14)17/h4-10,16H,3,18H2,1-2H3. The number of hydrogen-bond donors (Lipinski definition) is 1. The Kier molecular flexibility index (Phi) is 4.20. The van der Waals surface area contributed by atoms with Crippen LogP contribution in [0.2, 0.25) is 0 Å². The molecule has 0 aliphatic heterocycles. The molecule has 18 heavy (non-hydrogen) atoms. The van der Waals surface area contributed by atoms with E-state index in [1.807, 2.05) is 0 Å². The molecule has 0 saturated carbocycles. The zero-order valence-electron chi connectivity index (χ0n) is 10.8. The molecule has 0 bridgehead atoms. The molecule has 1 atom stereocenters. The molecule has 0 aromatic heterocycles. The molecule has 2 rings (SSSR count). The number of benzene rings is 2. The van der Waals surface area contributed by atoms with Gasteiger partial charge in [-0.1, -0.05) is 64.8 Å². The van der Waals surface area contributed by atoms with Crippen LogP contribution >= 0.6 is 15.9 Å². The van der Waals surface area contributed by atoms with Gasteiger partial charge in [-0.15, -0.1) is 0 Å². The maximum absolute atomic E-state index is 6.38. The van der Waals surface area contributed by atoms with Gasteiger partial charge >= 0.3 is 0 Å². The van der Waals surface area contributed by atoms with Crippen molar-refractivity contribution in [3.05, 3.63) is 69.2 Å². The Labute approximate surface area is 117 Å². The van der Waals surface area contributed by atoms with E-state index in [-0.39, 0.29) is 6.04 Å². The van der Waals surface area contributed by atoms with Gasteiger partial charge in [0.05, 0.1) is 6.04 Å². The monoisotopic (exact) mass is 303 g/mol. The molecule has 0 aliphatic carbocycles. The van der Waals surface area contributed by atoms with E-state index in [9.17, 15) is 0 Å². The second kappa shape index (κ2) is 5.68. The van der Waals surface area contributed by atoms with Crippen molar-refractivity contribution in [2.24, 2.45) is 5.73 Å². The van der Waals surface area contributed by atoms with Gasteiger partial charge in [0.2, 0.25) is 0 Å². The molecule has 2 N–H and O–H groups in total. The van der Waals surface area contributed by atoms with Gasteiger partial charge in [-0.3, -0.25) is 0 Å². The Morgan fingerprint density at radius 1 is 1.17 bits per heavy atom. The average molecular weight is 304 g/mol. The highest BCUT2D eigenvalue weighted by Gasteiger charge is 2.12. The Balaban J connectivity index is 2.40. The SMILES string of the molecule is CCc1cccc(C(N)c2cc(C)ccc2Br)c1. The average Bonchev–Trinajstić information content (AvgIpc) is 2.41. The summed E-state index contributed by atoms with van der Waals surface area (Å²) < 4.78 is 1.07. The fourth-order valence-electron chi connectivity index (χ4n) is 2.09. The Morgan fingerprint density at radius 3 is 2.67 bits per heavy atom. The van der Waals surface area contributed by atoms with Crippen LogP contribution in [0.15, 0.2) is 46.9 Å². The zero-order valence-corrected chi connectivity index (χ0v) is 12.4. The van der Waals surface area contributed by atoms with E-state index in [2.05, 4.69) is 72.2 Å². The number of nitrogens with two attached hydrogens (primary N) is 1. The molecule has 0 amide bonds. The Hall–Kier alpha value is -1.12. The quantitative estimate of drug-likeness (QED) is 0.895. The van der Waals surface area contributed by atoms with Gasteiger partial charge in [0.25, 0.3) is 0 Å². The number of aryl methyl sites for hydroxylation is 2. The van der Waals surface area contributed by atoms with Crippen molar-refractivity contribution in [1.82, 2.24) is 0 Å². The van der Waals surface area contributed by atoms with Gasteiger partial charge in [-0.25, -0.2) is 0 Å². The summed E-state index contributed by atoms with van der Waals surface area (Å²) in [4.78, 5) is 0. The first-order valence-electron chi connectivity index (χ1n) is 6.22. The highest BCUT2D eigenvalue weighted by Crippen LogP contribution is 2.28. The largest absolute Gasteiger partial charge is 0.320 e. The number of rotatable bonds is 3. The summed E-state index contributed by atoms with van der Waals surface area (Å²) in [5.74, 6) is 0. The van der Waals surface area contributed by atoms with E-state index < -0.39 is 0 Å². The highest BCUT2D eigenvalue weighted by molar-refractivity contribution is 9.10. The van der Waals surface area contributed by atoms with Crippen molar-refractivity contribution >= 4 is 15.9 Å². The molecule has 0 radical (unpaired) electrons. The summed E-state index contributed by atoms with van der Waals surface area (Å²) in [5, 5.41) is 0. The van der Waals surface area contributed by atoms with Crippen LogP contribution in [0.1, 0.15) is 35.2 Å². The fourth-order valence-corrected chi connectivity index (χ4v) is 2.58. The highest BCUT2D eigenvalue weighted by atomic mass is 79.9. The van der Waals surface area contributed by atoms with Crippen molar-refractivity contribution < 1.29 is 0 Å². The lowest BCUT2D eigenvalue weighted by Crippen LogP contribution is -2.13. The van der Waals surface area contributed by atoms with E-state index in [1.54, 1.807) is 0 Å². The maximum Gasteiger partial charge on any atom is 0.0563 e.